The van der Waals surface area contributed by atoms with E-state index in [1.165, 1.54) is 6.20 Å². The highest BCUT2D eigenvalue weighted by molar-refractivity contribution is 6.31. The van der Waals surface area contributed by atoms with Gasteiger partial charge in [0.05, 0.1) is 10.4 Å². The monoisotopic (exact) mass is 230 g/mol. The first-order valence-corrected chi connectivity index (χ1v) is 5.27. The molecule has 0 spiro atoms. The number of pyridine rings is 1. The van der Waals surface area contributed by atoms with Crippen LogP contribution in [0.1, 0.15) is 11.1 Å². The third kappa shape index (κ3) is 1.32. The summed E-state index contributed by atoms with van der Waals surface area (Å²) in [6.07, 6.45) is 7.75. The van der Waals surface area contributed by atoms with E-state index in [4.69, 9.17) is 11.6 Å². The topological polar surface area (TPSA) is 42.9 Å². The first-order valence-electron chi connectivity index (χ1n) is 4.90. The minimum Gasteiger partial charge on any atom is -0.288 e. The fourth-order valence-corrected chi connectivity index (χ4v) is 2.01. The molecule has 1 aliphatic carbocycles. The molecule has 1 aliphatic rings. The third-order valence-electron chi connectivity index (χ3n) is 2.63. The molecule has 3 rings (SSSR count). The van der Waals surface area contributed by atoms with Gasteiger partial charge in [-0.05, 0) is 18.1 Å². The quantitative estimate of drug-likeness (QED) is 0.697. The fourth-order valence-electron chi connectivity index (χ4n) is 1.85. The molecule has 2 aromatic rings. The fraction of sp³-hybridized carbons (Fsp3) is 0.0833. The van der Waals surface area contributed by atoms with Gasteiger partial charge in [0, 0.05) is 18.0 Å². The van der Waals surface area contributed by atoms with E-state index >= 15 is 0 Å². The number of hydrogen-bond donors (Lipinski definition) is 0. The van der Waals surface area contributed by atoms with Gasteiger partial charge in [-0.2, -0.15) is 0 Å². The summed E-state index contributed by atoms with van der Waals surface area (Å²) in [6.45, 7) is 0. The number of aromatic nitrogens is 2. The van der Waals surface area contributed by atoms with Crippen LogP contribution in [-0.2, 0) is 6.42 Å². The normalized spacial score (nSPS) is 13.1. The number of hydrogen-bond acceptors (Lipinski definition) is 3. The van der Waals surface area contributed by atoms with E-state index in [1.807, 2.05) is 12.2 Å². The molecule has 0 saturated heterocycles. The van der Waals surface area contributed by atoms with E-state index in [2.05, 4.69) is 9.97 Å². The Bertz CT molecular complexity index is 680. The molecule has 0 unspecified atom stereocenters. The van der Waals surface area contributed by atoms with Crippen LogP contribution in [-0.4, -0.2) is 9.97 Å². The molecule has 0 bridgehead atoms. The largest absolute Gasteiger partial charge is 0.288 e. The summed E-state index contributed by atoms with van der Waals surface area (Å²) in [5, 5.41) is 0.925. The number of allylic oxidation sites excluding steroid dienone is 1. The average molecular weight is 231 g/mol. The Balaban J connectivity index is 2.55. The molecular formula is C12H7ClN2O. The van der Waals surface area contributed by atoms with Crippen molar-refractivity contribution in [3.63, 3.8) is 0 Å². The maximum Gasteiger partial charge on any atom is 0.197 e. The Morgan fingerprint density at radius 1 is 1.25 bits per heavy atom. The lowest BCUT2D eigenvalue weighted by molar-refractivity contribution is 1.24. The van der Waals surface area contributed by atoms with E-state index < -0.39 is 0 Å². The van der Waals surface area contributed by atoms with Gasteiger partial charge in [0.15, 0.2) is 11.1 Å². The van der Waals surface area contributed by atoms with Crippen LogP contribution in [0.2, 0.25) is 5.02 Å². The number of rotatable bonds is 0. The summed E-state index contributed by atoms with van der Waals surface area (Å²) in [6, 6.07) is 1.62. The summed E-state index contributed by atoms with van der Waals surface area (Å²) in [4.78, 5) is 20.4. The molecule has 78 valence electrons. The van der Waals surface area contributed by atoms with Crippen molar-refractivity contribution >= 4 is 28.7 Å². The summed E-state index contributed by atoms with van der Waals surface area (Å²) >= 11 is 5.84. The predicted octanol–water partition coefficient (Wildman–Crippen LogP) is 2.21. The van der Waals surface area contributed by atoms with Gasteiger partial charge in [0.2, 0.25) is 0 Å². The second-order valence-corrected chi connectivity index (χ2v) is 4.09. The lowest BCUT2D eigenvalue weighted by atomic mass is 10.2. The van der Waals surface area contributed by atoms with Gasteiger partial charge in [0.25, 0.3) is 0 Å². The molecule has 16 heavy (non-hydrogen) atoms. The Hall–Kier alpha value is -1.74. The van der Waals surface area contributed by atoms with Gasteiger partial charge in [-0.3, -0.25) is 4.79 Å². The third-order valence-corrected chi connectivity index (χ3v) is 2.84. The molecule has 0 atom stereocenters. The lowest BCUT2D eigenvalue weighted by Crippen LogP contribution is -2.03. The van der Waals surface area contributed by atoms with Crippen molar-refractivity contribution in [2.45, 2.75) is 6.42 Å². The van der Waals surface area contributed by atoms with Crippen molar-refractivity contribution in [2.75, 3.05) is 0 Å². The second-order valence-electron chi connectivity index (χ2n) is 3.66. The Morgan fingerprint density at radius 3 is 2.94 bits per heavy atom. The van der Waals surface area contributed by atoms with E-state index in [1.54, 1.807) is 12.3 Å². The first-order chi connectivity index (χ1) is 7.75. The van der Waals surface area contributed by atoms with Crippen LogP contribution >= 0.6 is 11.6 Å². The Morgan fingerprint density at radius 2 is 2.06 bits per heavy atom. The molecule has 4 heteroatoms. The van der Waals surface area contributed by atoms with E-state index in [-0.39, 0.29) is 5.43 Å². The van der Waals surface area contributed by atoms with E-state index in [0.717, 1.165) is 12.0 Å². The second kappa shape index (κ2) is 3.39. The maximum atomic E-state index is 12.2. The average Bonchev–Trinajstić information content (AvgIpc) is 2.70. The highest BCUT2D eigenvalue weighted by Crippen LogP contribution is 2.17. The number of fused-ring (bicyclic) bond motifs is 2. The smallest absolute Gasteiger partial charge is 0.197 e. The van der Waals surface area contributed by atoms with Crippen molar-refractivity contribution < 1.29 is 0 Å². The molecule has 0 aliphatic heterocycles. The zero-order valence-electron chi connectivity index (χ0n) is 8.27. The summed E-state index contributed by atoms with van der Waals surface area (Å²) < 4.78 is 0. The summed E-state index contributed by atoms with van der Waals surface area (Å²) in [5.74, 6) is 0. The standard InChI is InChI=1S/C12H7ClN2O/c13-8-4-10-11(16)9-3-1-2-7(9)5-14-12(10)15-6-8/h1,3-6H,2H2. The summed E-state index contributed by atoms with van der Waals surface area (Å²) in [7, 11) is 0. The van der Waals surface area contributed by atoms with Crippen molar-refractivity contribution in [1.82, 2.24) is 9.97 Å². The minimum atomic E-state index is -0.0498. The van der Waals surface area contributed by atoms with Crippen molar-refractivity contribution in [2.24, 2.45) is 0 Å². The van der Waals surface area contributed by atoms with Crippen molar-refractivity contribution in [1.29, 1.82) is 0 Å². The predicted molar refractivity (Wildman–Crippen MR) is 63.6 cm³/mol. The summed E-state index contributed by atoms with van der Waals surface area (Å²) in [5.41, 5.74) is 2.04. The van der Waals surface area contributed by atoms with Crippen LogP contribution in [0.5, 0.6) is 0 Å². The first kappa shape index (κ1) is 9.48. The minimum absolute atomic E-state index is 0.0498. The molecule has 3 nitrogen and oxygen atoms in total. The van der Waals surface area contributed by atoms with Gasteiger partial charge in [0.1, 0.15) is 0 Å². The molecule has 0 saturated carbocycles. The van der Waals surface area contributed by atoms with Crippen LogP contribution in [0.4, 0.5) is 0 Å². The van der Waals surface area contributed by atoms with Crippen LogP contribution in [0, 0.1) is 0 Å². The van der Waals surface area contributed by atoms with E-state index in [9.17, 15) is 4.79 Å². The zero-order chi connectivity index (χ0) is 11.1. The van der Waals surface area contributed by atoms with Crippen LogP contribution < -0.4 is 5.43 Å². The van der Waals surface area contributed by atoms with Gasteiger partial charge >= 0.3 is 0 Å². The highest BCUT2D eigenvalue weighted by Gasteiger charge is 2.11. The van der Waals surface area contributed by atoms with Crippen LogP contribution in [0.3, 0.4) is 0 Å². The molecule has 0 N–H and O–H groups in total. The molecule has 0 amide bonds. The zero-order valence-corrected chi connectivity index (χ0v) is 9.03. The molecule has 2 aromatic heterocycles. The molecule has 0 radical (unpaired) electrons. The SMILES string of the molecule is O=c1c2c(cnc3ncc(Cl)cc13)CC=C2. The molecular weight excluding hydrogens is 224 g/mol. The Kier molecular flexibility index (Phi) is 2.01. The van der Waals surface area contributed by atoms with Gasteiger partial charge in [-0.25, -0.2) is 9.97 Å². The van der Waals surface area contributed by atoms with Crippen molar-refractivity contribution in [3.05, 3.63) is 50.9 Å². The van der Waals surface area contributed by atoms with Gasteiger partial charge < -0.3 is 0 Å². The maximum absolute atomic E-state index is 12.2. The van der Waals surface area contributed by atoms with Crippen molar-refractivity contribution in [3.8, 4) is 0 Å². The number of halogens is 1. The lowest BCUT2D eigenvalue weighted by Gasteiger charge is -1.91. The number of nitrogens with zero attached hydrogens (tertiary/aromatic N) is 2. The molecule has 2 heterocycles. The van der Waals surface area contributed by atoms with E-state index in [0.29, 0.717) is 21.6 Å². The van der Waals surface area contributed by atoms with Gasteiger partial charge in [-0.1, -0.05) is 23.8 Å². The van der Waals surface area contributed by atoms with Crippen LogP contribution in [0.25, 0.3) is 17.1 Å². The van der Waals surface area contributed by atoms with Gasteiger partial charge in [-0.15, -0.1) is 0 Å². The van der Waals surface area contributed by atoms with Crippen LogP contribution in [0.15, 0.2) is 29.3 Å². The molecule has 0 fully saturated rings. The molecule has 0 aromatic carbocycles. The highest BCUT2D eigenvalue weighted by atomic mass is 35.5. The Labute approximate surface area is 96.4 Å².